The number of anilines is 1. The average molecular weight is 490 g/mol. The van der Waals surface area contributed by atoms with Gasteiger partial charge >= 0.3 is 6.01 Å². The van der Waals surface area contributed by atoms with E-state index in [1.165, 1.54) is 0 Å². The Morgan fingerprint density at radius 1 is 1.38 bits per heavy atom. The van der Waals surface area contributed by atoms with Gasteiger partial charge in [0.25, 0.3) is 0 Å². The SMILES string of the molecule is [2H]C([2H])(Oc1nc(N2CCOC[C@H]3[C@H](Cl)[C@H]32)c2c(n1)=C(F)N(Cl)CC=2)[C@@]12CCCN1C[C@H](F)C2. The van der Waals surface area contributed by atoms with Crippen molar-refractivity contribution in [3.05, 3.63) is 10.6 Å². The van der Waals surface area contributed by atoms with Crippen molar-refractivity contribution in [3.8, 4) is 6.01 Å². The molecule has 11 heteroatoms. The summed E-state index contributed by atoms with van der Waals surface area (Å²) in [6, 6.07) is -0.351. The Hall–Kier alpha value is -1.42. The first kappa shape index (κ1) is 18.9. The second-order valence-corrected chi connectivity index (χ2v) is 10.00. The minimum atomic E-state index is -2.29. The molecule has 6 rings (SSSR count). The third-order valence-corrected chi connectivity index (χ3v) is 8.02. The Morgan fingerprint density at radius 3 is 3.12 bits per heavy atom. The zero-order chi connectivity index (χ0) is 23.8. The molecule has 5 aliphatic rings. The van der Waals surface area contributed by atoms with E-state index in [9.17, 15) is 4.39 Å². The van der Waals surface area contributed by atoms with Crippen molar-refractivity contribution in [3.63, 3.8) is 0 Å². The van der Waals surface area contributed by atoms with Crippen molar-refractivity contribution in [2.45, 2.75) is 42.4 Å². The number of aromatic nitrogens is 2. The molecule has 1 saturated carbocycles. The molecule has 3 saturated heterocycles. The van der Waals surface area contributed by atoms with E-state index in [1.54, 1.807) is 6.08 Å². The van der Waals surface area contributed by atoms with Crippen molar-refractivity contribution in [2.24, 2.45) is 5.92 Å². The quantitative estimate of drug-likeness (QED) is 0.357. The van der Waals surface area contributed by atoms with Gasteiger partial charge in [0.05, 0.1) is 39.5 Å². The second kappa shape index (κ2) is 7.82. The van der Waals surface area contributed by atoms with Gasteiger partial charge in [0, 0.05) is 42.4 Å². The Bertz CT molecular complexity index is 1130. The van der Waals surface area contributed by atoms with Crippen LogP contribution in [0.15, 0.2) is 0 Å². The maximum atomic E-state index is 15.1. The normalized spacial score (nSPS) is 37.7. The molecular weight excluding hydrogens is 463 g/mol. The van der Waals surface area contributed by atoms with Gasteiger partial charge in [-0.15, -0.1) is 11.6 Å². The molecule has 0 N–H and O–H groups in total. The minimum Gasteiger partial charge on any atom is -0.461 e. The summed E-state index contributed by atoms with van der Waals surface area (Å²) in [5.41, 5.74) is -1.11. The van der Waals surface area contributed by atoms with Crippen LogP contribution in [0, 0.1) is 5.92 Å². The Kier molecular flexibility index (Phi) is 4.63. The van der Waals surface area contributed by atoms with Crippen molar-refractivity contribution >= 4 is 41.2 Å². The van der Waals surface area contributed by atoms with Crippen LogP contribution in [0.3, 0.4) is 0 Å². The molecule has 5 heterocycles. The molecule has 1 aromatic rings. The van der Waals surface area contributed by atoms with E-state index in [1.807, 2.05) is 9.80 Å². The van der Waals surface area contributed by atoms with Gasteiger partial charge in [-0.3, -0.25) is 9.32 Å². The molecule has 0 unspecified atom stereocenters. The van der Waals surface area contributed by atoms with E-state index in [0.29, 0.717) is 43.8 Å². The van der Waals surface area contributed by atoms with E-state index >= 15 is 4.39 Å². The summed E-state index contributed by atoms with van der Waals surface area (Å²) >= 11 is 12.5. The van der Waals surface area contributed by atoms with Crippen LogP contribution in [-0.2, 0) is 4.74 Å². The molecule has 1 aliphatic carbocycles. The molecule has 0 radical (unpaired) electrons. The van der Waals surface area contributed by atoms with Crippen LogP contribution in [0.25, 0.3) is 12.0 Å². The van der Waals surface area contributed by atoms with Crippen LogP contribution >= 0.6 is 23.4 Å². The first-order valence-electron chi connectivity index (χ1n) is 12.0. The first-order chi connectivity index (χ1) is 16.2. The van der Waals surface area contributed by atoms with Gasteiger partial charge in [0.1, 0.15) is 23.9 Å². The Morgan fingerprint density at radius 2 is 2.25 bits per heavy atom. The standard InChI is InChI=1S/C21H25Cl2F2N5O2/c22-15-14-10-31-7-6-29(17(14)15)19-13-2-5-30(23)18(25)16(13)26-20(27-19)32-11-21-3-1-4-28(21)9-12(24)8-21/h2,12,14-15,17H,1,3-11H2/t12-,14+,15+,17+,21+/m1/s1/i11D2. The van der Waals surface area contributed by atoms with Gasteiger partial charge in [0.15, 0.2) is 0 Å². The highest BCUT2D eigenvalue weighted by Gasteiger charge is 2.54. The maximum Gasteiger partial charge on any atom is 0.319 e. The van der Waals surface area contributed by atoms with Gasteiger partial charge < -0.3 is 14.4 Å². The van der Waals surface area contributed by atoms with Crippen LogP contribution < -0.4 is 20.2 Å². The highest BCUT2D eigenvalue weighted by molar-refractivity contribution is 6.23. The summed E-state index contributed by atoms with van der Waals surface area (Å²) in [4.78, 5) is 12.6. The highest BCUT2D eigenvalue weighted by Crippen LogP contribution is 2.44. The van der Waals surface area contributed by atoms with Crippen LogP contribution in [0.2, 0.25) is 0 Å². The number of rotatable bonds is 4. The van der Waals surface area contributed by atoms with Crippen molar-refractivity contribution in [1.29, 1.82) is 0 Å². The summed E-state index contributed by atoms with van der Waals surface area (Å²) in [6.07, 6.45) is 1.84. The zero-order valence-electron chi connectivity index (χ0n) is 19.3. The van der Waals surface area contributed by atoms with Crippen LogP contribution in [0.1, 0.15) is 22.0 Å². The van der Waals surface area contributed by atoms with Crippen molar-refractivity contribution in [2.75, 3.05) is 50.9 Å². The number of halogens is 4. The smallest absolute Gasteiger partial charge is 0.319 e. The van der Waals surface area contributed by atoms with Gasteiger partial charge in [-0.2, -0.15) is 14.4 Å². The van der Waals surface area contributed by atoms with E-state index in [2.05, 4.69) is 9.97 Å². The summed E-state index contributed by atoms with van der Waals surface area (Å²) in [7, 11) is 0. The first-order valence-corrected chi connectivity index (χ1v) is 11.8. The molecule has 32 heavy (non-hydrogen) atoms. The molecule has 0 bridgehead atoms. The third-order valence-electron chi connectivity index (χ3n) is 7.15. The van der Waals surface area contributed by atoms with E-state index in [-0.39, 0.29) is 48.2 Å². The predicted molar refractivity (Wildman–Crippen MR) is 116 cm³/mol. The molecule has 0 amide bonds. The predicted octanol–water partition coefficient (Wildman–Crippen LogP) is 1.16. The largest absolute Gasteiger partial charge is 0.461 e. The highest BCUT2D eigenvalue weighted by atomic mass is 35.5. The number of hydrogen-bond acceptors (Lipinski definition) is 7. The third kappa shape index (κ3) is 3.35. The summed E-state index contributed by atoms with van der Waals surface area (Å²) in [6.45, 7) is 0.0905. The molecule has 0 spiro atoms. The van der Waals surface area contributed by atoms with Gasteiger partial charge in [-0.05, 0) is 19.4 Å². The number of ether oxygens (including phenoxy) is 2. The zero-order valence-corrected chi connectivity index (χ0v) is 18.8. The lowest BCUT2D eigenvalue weighted by molar-refractivity contribution is 0.107. The van der Waals surface area contributed by atoms with E-state index in [0.717, 1.165) is 10.8 Å². The summed E-state index contributed by atoms with van der Waals surface area (Å²) in [5.74, 6) is -0.229. The van der Waals surface area contributed by atoms with Crippen molar-refractivity contribution < 1.29 is 21.0 Å². The van der Waals surface area contributed by atoms with Crippen LogP contribution in [0.5, 0.6) is 6.01 Å². The van der Waals surface area contributed by atoms with E-state index in [4.69, 9.17) is 35.6 Å². The fourth-order valence-corrected chi connectivity index (χ4v) is 6.11. The molecule has 1 aromatic heterocycles. The van der Waals surface area contributed by atoms with Gasteiger partial charge in [0.2, 0.25) is 5.95 Å². The fraction of sp³-hybridized carbons (Fsp3) is 0.714. The van der Waals surface area contributed by atoms with Crippen LogP contribution in [0.4, 0.5) is 14.6 Å². The lowest BCUT2D eigenvalue weighted by Crippen LogP contribution is -2.46. The number of alkyl halides is 2. The number of nitrogens with zero attached hydrogens (tertiary/aromatic N) is 5. The van der Waals surface area contributed by atoms with E-state index < -0.39 is 24.2 Å². The summed E-state index contributed by atoms with van der Waals surface area (Å²) in [5, 5.41) is 0.264. The van der Waals surface area contributed by atoms with Crippen molar-refractivity contribution in [1.82, 2.24) is 19.3 Å². The number of hydrogen-bond donors (Lipinski definition) is 0. The molecular formula is C21H25Cl2F2N5O2. The minimum absolute atomic E-state index is 0.0304. The second-order valence-electron chi connectivity index (χ2n) is 9.09. The molecule has 174 valence electrons. The van der Waals surface area contributed by atoms with Gasteiger partial charge in [-0.1, -0.05) is 6.08 Å². The molecule has 5 atom stereocenters. The average Bonchev–Trinajstić information content (AvgIpc) is 3.14. The fourth-order valence-electron chi connectivity index (χ4n) is 5.50. The lowest BCUT2D eigenvalue weighted by atomic mass is 9.95. The number of fused-ring (bicyclic) bond motifs is 3. The summed E-state index contributed by atoms with van der Waals surface area (Å²) < 4.78 is 59.3. The topological polar surface area (TPSA) is 54.0 Å². The maximum absolute atomic E-state index is 15.1. The van der Waals surface area contributed by atoms with Gasteiger partial charge in [-0.25, -0.2) is 4.39 Å². The Balaban J connectivity index is 1.44. The molecule has 7 nitrogen and oxygen atoms in total. The molecule has 0 aromatic carbocycles. The molecule has 4 aliphatic heterocycles. The Labute approximate surface area is 197 Å². The molecule has 4 fully saturated rings. The monoisotopic (exact) mass is 489 g/mol. The van der Waals surface area contributed by atoms with Crippen LogP contribution in [-0.4, -0.2) is 88.4 Å². The lowest BCUT2D eigenvalue weighted by Gasteiger charge is -2.31.